The maximum absolute atomic E-state index is 5.98. The number of halogens is 2. The molecule has 2 aromatic carbocycles. The second kappa shape index (κ2) is 5.10. The number of methoxy groups -OCH3 is 1. The van der Waals surface area contributed by atoms with Gasteiger partial charge < -0.3 is 15.5 Å². The Morgan fingerprint density at radius 3 is 2.70 bits per heavy atom. The number of imidazole rings is 1. The van der Waals surface area contributed by atoms with E-state index in [0.717, 1.165) is 37.1 Å². The third-order valence-corrected chi connectivity index (χ3v) is 4.08. The van der Waals surface area contributed by atoms with Crippen LogP contribution >= 0.6 is 31.9 Å². The van der Waals surface area contributed by atoms with Crippen LogP contribution in [0.3, 0.4) is 0 Å². The number of hydrogen-bond donors (Lipinski definition) is 2. The summed E-state index contributed by atoms with van der Waals surface area (Å²) in [7, 11) is 1.64. The first-order chi connectivity index (χ1) is 9.58. The molecule has 102 valence electrons. The van der Waals surface area contributed by atoms with Crippen molar-refractivity contribution in [2.45, 2.75) is 0 Å². The van der Waals surface area contributed by atoms with E-state index in [-0.39, 0.29) is 0 Å². The average Bonchev–Trinajstić information content (AvgIpc) is 2.82. The summed E-state index contributed by atoms with van der Waals surface area (Å²) in [6, 6.07) is 9.61. The van der Waals surface area contributed by atoms with Gasteiger partial charge in [-0.2, -0.15) is 0 Å². The molecule has 0 aliphatic rings. The molecule has 0 saturated heterocycles. The van der Waals surface area contributed by atoms with Gasteiger partial charge in [0, 0.05) is 10.0 Å². The van der Waals surface area contributed by atoms with Crippen LogP contribution in [0.1, 0.15) is 0 Å². The lowest BCUT2D eigenvalue weighted by Crippen LogP contribution is -1.87. The smallest absolute Gasteiger partial charge is 0.138 e. The molecule has 0 bridgehead atoms. The Morgan fingerprint density at radius 2 is 2.00 bits per heavy atom. The van der Waals surface area contributed by atoms with Crippen LogP contribution in [0.15, 0.2) is 39.3 Å². The number of anilines is 1. The number of ether oxygens (including phenoxy) is 1. The van der Waals surface area contributed by atoms with Crippen molar-refractivity contribution in [1.82, 2.24) is 9.97 Å². The molecule has 0 saturated carbocycles. The van der Waals surface area contributed by atoms with Gasteiger partial charge in [0.05, 0.1) is 22.8 Å². The molecule has 0 aliphatic heterocycles. The lowest BCUT2D eigenvalue weighted by Gasteiger charge is -2.04. The normalized spacial score (nSPS) is 10.9. The molecule has 0 atom stereocenters. The fourth-order valence-corrected chi connectivity index (χ4v) is 3.07. The Bertz CT molecular complexity index is 798. The zero-order valence-corrected chi connectivity index (χ0v) is 13.7. The van der Waals surface area contributed by atoms with Crippen LogP contribution in [0.25, 0.3) is 22.4 Å². The molecule has 0 amide bonds. The number of aromatic nitrogens is 2. The number of nitrogen functional groups attached to an aromatic ring is 1. The van der Waals surface area contributed by atoms with E-state index in [9.17, 15) is 0 Å². The van der Waals surface area contributed by atoms with E-state index in [4.69, 9.17) is 10.5 Å². The summed E-state index contributed by atoms with van der Waals surface area (Å²) in [5.41, 5.74) is 9.26. The van der Waals surface area contributed by atoms with E-state index >= 15 is 0 Å². The number of rotatable bonds is 2. The minimum absolute atomic E-state index is 0.643. The molecule has 4 nitrogen and oxygen atoms in total. The van der Waals surface area contributed by atoms with Crippen molar-refractivity contribution in [2.24, 2.45) is 0 Å². The van der Waals surface area contributed by atoms with Crippen molar-refractivity contribution in [3.8, 4) is 17.1 Å². The summed E-state index contributed by atoms with van der Waals surface area (Å²) >= 11 is 6.90. The summed E-state index contributed by atoms with van der Waals surface area (Å²) in [6.07, 6.45) is 0. The van der Waals surface area contributed by atoms with Gasteiger partial charge in [0.1, 0.15) is 17.1 Å². The molecule has 1 aromatic heterocycles. The predicted octanol–water partition coefficient (Wildman–Crippen LogP) is 4.35. The number of benzene rings is 2. The van der Waals surface area contributed by atoms with E-state index in [1.807, 2.05) is 30.3 Å². The Labute approximate surface area is 132 Å². The van der Waals surface area contributed by atoms with Gasteiger partial charge in [0.25, 0.3) is 0 Å². The molecular weight excluding hydrogens is 386 g/mol. The zero-order valence-electron chi connectivity index (χ0n) is 10.6. The van der Waals surface area contributed by atoms with E-state index in [0.29, 0.717) is 5.69 Å². The number of nitrogens with zero attached hydrogens (tertiary/aromatic N) is 1. The van der Waals surface area contributed by atoms with Gasteiger partial charge in [0.15, 0.2) is 0 Å². The molecule has 1 heterocycles. The minimum Gasteiger partial charge on any atom is -0.496 e. The maximum atomic E-state index is 5.98. The summed E-state index contributed by atoms with van der Waals surface area (Å²) in [5.74, 6) is 1.56. The van der Waals surface area contributed by atoms with Crippen LogP contribution in [0.5, 0.6) is 5.75 Å². The Hall–Kier alpha value is -1.53. The molecule has 3 N–H and O–H groups in total. The highest BCUT2D eigenvalue weighted by atomic mass is 79.9. The van der Waals surface area contributed by atoms with Crippen molar-refractivity contribution < 1.29 is 4.74 Å². The standard InChI is InChI=1S/C14H11Br2N3O/c1-20-12-3-2-7(4-9(12)16)14-18-11-6-8(15)5-10(17)13(11)19-14/h2-6H,17H2,1H3,(H,18,19). The maximum Gasteiger partial charge on any atom is 0.138 e. The minimum atomic E-state index is 0.643. The number of aromatic amines is 1. The third kappa shape index (κ3) is 2.29. The summed E-state index contributed by atoms with van der Waals surface area (Å²) in [6.45, 7) is 0. The summed E-state index contributed by atoms with van der Waals surface area (Å²) in [5, 5.41) is 0. The van der Waals surface area contributed by atoms with Gasteiger partial charge in [-0.25, -0.2) is 4.98 Å². The SMILES string of the molecule is COc1ccc(-c2nc3c(N)cc(Br)cc3[nH]2)cc1Br. The lowest BCUT2D eigenvalue weighted by atomic mass is 10.2. The van der Waals surface area contributed by atoms with Crippen molar-refractivity contribution in [3.05, 3.63) is 39.3 Å². The highest BCUT2D eigenvalue weighted by molar-refractivity contribution is 9.10. The molecule has 0 fully saturated rings. The van der Waals surface area contributed by atoms with Gasteiger partial charge in [-0.1, -0.05) is 15.9 Å². The molecule has 3 aromatic rings. The number of fused-ring (bicyclic) bond motifs is 1. The Kier molecular flexibility index (Phi) is 3.43. The van der Waals surface area contributed by atoms with Crippen LogP contribution in [0, 0.1) is 0 Å². The third-order valence-electron chi connectivity index (χ3n) is 3.01. The van der Waals surface area contributed by atoms with Gasteiger partial charge >= 0.3 is 0 Å². The van der Waals surface area contributed by atoms with Crippen molar-refractivity contribution in [3.63, 3.8) is 0 Å². The van der Waals surface area contributed by atoms with Crippen LogP contribution in [-0.2, 0) is 0 Å². The molecule has 6 heteroatoms. The fraction of sp³-hybridized carbons (Fsp3) is 0.0714. The molecular formula is C14H11Br2N3O. The van der Waals surface area contributed by atoms with Gasteiger partial charge in [-0.15, -0.1) is 0 Å². The molecule has 0 unspecified atom stereocenters. The molecule has 0 aliphatic carbocycles. The van der Waals surface area contributed by atoms with E-state index in [1.54, 1.807) is 7.11 Å². The Morgan fingerprint density at radius 1 is 1.20 bits per heavy atom. The van der Waals surface area contributed by atoms with Crippen LogP contribution < -0.4 is 10.5 Å². The molecule has 20 heavy (non-hydrogen) atoms. The first-order valence-electron chi connectivity index (χ1n) is 5.87. The van der Waals surface area contributed by atoms with Crippen molar-refractivity contribution in [2.75, 3.05) is 12.8 Å². The lowest BCUT2D eigenvalue weighted by molar-refractivity contribution is 0.412. The summed E-state index contributed by atoms with van der Waals surface area (Å²) in [4.78, 5) is 7.83. The second-order valence-electron chi connectivity index (χ2n) is 4.33. The molecule has 0 spiro atoms. The van der Waals surface area contributed by atoms with Crippen LogP contribution in [-0.4, -0.2) is 17.1 Å². The van der Waals surface area contributed by atoms with Gasteiger partial charge in [0.2, 0.25) is 0 Å². The molecule has 3 rings (SSSR count). The van der Waals surface area contributed by atoms with Gasteiger partial charge in [-0.05, 0) is 46.3 Å². The largest absolute Gasteiger partial charge is 0.496 e. The highest BCUT2D eigenvalue weighted by Crippen LogP contribution is 2.32. The van der Waals surface area contributed by atoms with E-state index in [1.165, 1.54) is 0 Å². The van der Waals surface area contributed by atoms with E-state index in [2.05, 4.69) is 41.8 Å². The first kappa shape index (κ1) is 13.5. The van der Waals surface area contributed by atoms with Crippen molar-refractivity contribution in [1.29, 1.82) is 0 Å². The second-order valence-corrected chi connectivity index (χ2v) is 6.10. The predicted molar refractivity (Wildman–Crippen MR) is 87.9 cm³/mol. The fourth-order valence-electron chi connectivity index (χ4n) is 2.06. The first-order valence-corrected chi connectivity index (χ1v) is 7.45. The topological polar surface area (TPSA) is 63.9 Å². The number of H-pyrrole nitrogens is 1. The van der Waals surface area contributed by atoms with Crippen LogP contribution in [0.2, 0.25) is 0 Å². The quantitative estimate of drug-likeness (QED) is 0.633. The highest BCUT2D eigenvalue weighted by Gasteiger charge is 2.10. The number of nitrogens with one attached hydrogen (secondary N) is 1. The van der Waals surface area contributed by atoms with E-state index < -0.39 is 0 Å². The van der Waals surface area contributed by atoms with Crippen LogP contribution in [0.4, 0.5) is 5.69 Å². The molecule has 0 radical (unpaired) electrons. The zero-order chi connectivity index (χ0) is 14.3. The summed E-state index contributed by atoms with van der Waals surface area (Å²) < 4.78 is 7.03. The Balaban J connectivity index is 2.15. The number of hydrogen-bond acceptors (Lipinski definition) is 3. The van der Waals surface area contributed by atoms with Gasteiger partial charge in [-0.3, -0.25) is 0 Å². The average molecular weight is 397 g/mol. The monoisotopic (exact) mass is 395 g/mol. The van der Waals surface area contributed by atoms with Crippen molar-refractivity contribution >= 4 is 48.6 Å². The number of nitrogens with two attached hydrogens (primary N) is 1.